The van der Waals surface area contributed by atoms with E-state index in [4.69, 9.17) is 5.73 Å². The third kappa shape index (κ3) is 1.36. The summed E-state index contributed by atoms with van der Waals surface area (Å²) in [7, 11) is 0. The van der Waals surface area contributed by atoms with Crippen molar-refractivity contribution in [1.82, 2.24) is 20.0 Å². The van der Waals surface area contributed by atoms with E-state index in [-0.39, 0.29) is 6.54 Å². The highest BCUT2D eigenvalue weighted by molar-refractivity contribution is 5.36. The first-order chi connectivity index (χ1) is 6.31. The molecule has 2 aromatic rings. The molecule has 2 rings (SSSR count). The van der Waals surface area contributed by atoms with Gasteiger partial charge in [0.2, 0.25) is 0 Å². The Hall–Kier alpha value is -1.53. The summed E-state index contributed by atoms with van der Waals surface area (Å²) in [4.78, 5) is 0. The van der Waals surface area contributed by atoms with Gasteiger partial charge in [0.1, 0.15) is 0 Å². The molecule has 0 aliphatic rings. The number of hydrogen-bond acceptors (Lipinski definition) is 5. The molecule has 0 aromatic carbocycles. The number of nitrogens with two attached hydrogens (primary N) is 1. The van der Waals surface area contributed by atoms with E-state index in [1.165, 1.54) is 4.52 Å². The van der Waals surface area contributed by atoms with Crippen LogP contribution in [0.4, 0.5) is 0 Å². The van der Waals surface area contributed by atoms with Gasteiger partial charge >= 0.3 is 0 Å². The molecular formula is C7H9N5O. The normalized spacial score (nSPS) is 13.4. The predicted molar refractivity (Wildman–Crippen MR) is 44.8 cm³/mol. The Morgan fingerprint density at radius 3 is 3.15 bits per heavy atom. The predicted octanol–water partition coefficient (Wildman–Crippen LogP) is -0.884. The van der Waals surface area contributed by atoms with E-state index in [0.29, 0.717) is 11.2 Å². The molecule has 0 bridgehead atoms. The van der Waals surface area contributed by atoms with E-state index in [0.717, 1.165) is 0 Å². The summed E-state index contributed by atoms with van der Waals surface area (Å²) in [5, 5.41) is 20.3. The number of nitrogens with zero attached hydrogens (tertiary/aromatic N) is 4. The molecule has 68 valence electrons. The van der Waals surface area contributed by atoms with Gasteiger partial charge in [-0.2, -0.15) is 0 Å². The summed E-state index contributed by atoms with van der Waals surface area (Å²) in [5.74, 6) is 0. The van der Waals surface area contributed by atoms with E-state index in [9.17, 15) is 5.11 Å². The van der Waals surface area contributed by atoms with Crippen LogP contribution in [-0.4, -0.2) is 31.7 Å². The second-order valence-corrected chi connectivity index (χ2v) is 2.70. The van der Waals surface area contributed by atoms with Crippen LogP contribution in [0.1, 0.15) is 11.7 Å². The minimum Gasteiger partial charge on any atom is -0.387 e. The zero-order valence-electron chi connectivity index (χ0n) is 6.83. The van der Waals surface area contributed by atoms with Gasteiger partial charge in [-0.05, 0) is 16.5 Å². The van der Waals surface area contributed by atoms with Crippen molar-refractivity contribution in [3.8, 4) is 0 Å². The standard InChI is InChI=1S/C7H9N5O/c8-3-6(13)5-1-2-7-9-10-11-12(7)4-5/h1-2,4,6,13H,3,8H2/t6-/m0/s1. The number of hydrogen-bond donors (Lipinski definition) is 2. The first-order valence-electron chi connectivity index (χ1n) is 3.87. The summed E-state index contributed by atoms with van der Waals surface area (Å²) in [5.41, 5.74) is 6.67. The fourth-order valence-corrected chi connectivity index (χ4v) is 1.09. The molecule has 0 amide bonds. The summed E-state index contributed by atoms with van der Waals surface area (Å²) >= 11 is 0. The van der Waals surface area contributed by atoms with E-state index in [2.05, 4.69) is 15.5 Å². The average molecular weight is 179 g/mol. The van der Waals surface area contributed by atoms with E-state index >= 15 is 0 Å². The van der Waals surface area contributed by atoms with Crippen molar-refractivity contribution in [3.63, 3.8) is 0 Å². The molecule has 2 aromatic heterocycles. The minimum absolute atomic E-state index is 0.188. The van der Waals surface area contributed by atoms with Gasteiger partial charge in [0.15, 0.2) is 5.65 Å². The van der Waals surface area contributed by atoms with E-state index < -0.39 is 6.10 Å². The van der Waals surface area contributed by atoms with Gasteiger partial charge in [-0.15, -0.1) is 5.10 Å². The molecule has 0 spiro atoms. The number of aliphatic hydroxyl groups excluding tert-OH is 1. The fourth-order valence-electron chi connectivity index (χ4n) is 1.09. The van der Waals surface area contributed by atoms with Gasteiger partial charge in [-0.25, -0.2) is 4.52 Å². The topological polar surface area (TPSA) is 89.3 Å². The first-order valence-corrected chi connectivity index (χ1v) is 3.87. The van der Waals surface area contributed by atoms with Crippen LogP contribution >= 0.6 is 0 Å². The van der Waals surface area contributed by atoms with Gasteiger partial charge in [0.05, 0.1) is 6.10 Å². The van der Waals surface area contributed by atoms with Crippen molar-refractivity contribution >= 4 is 5.65 Å². The zero-order valence-corrected chi connectivity index (χ0v) is 6.83. The Morgan fingerprint density at radius 2 is 2.38 bits per heavy atom. The van der Waals surface area contributed by atoms with Crippen molar-refractivity contribution < 1.29 is 5.11 Å². The molecule has 0 unspecified atom stereocenters. The lowest BCUT2D eigenvalue weighted by Gasteiger charge is -2.06. The first kappa shape index (κ1) is 8.09. The molecule has 13 heavy (non-hydrogen) atoms. The van der Waals surface area contributed by atoms with Gasteiger partial charge in [0.25, 0.3) is 0 Å². The maximum Gasteiger partial charge on any atom is 0.179 e. The molecule has 3 N–H and O–H groups in total. The monoisotopic (exact) mass is 179 g/mol. The number of tetrazole rings is 1. The molecule has 0 fully saturated rings. The Morgan fingerprint density at radius 1 is 1.54 bits per heavy atom. The SMILES string of the molecule is NC[C@H](O)c1ccc2nnnn2c1. The van der Waals surface area contributed by atoms with E-state index in [1.54, 1.807) is 18.3 Å². The lowest BCUT2D eigenvalue weighted by molar-refractivity contribution is 0.186. The van der Waals surface area contributed by atoms with Crippen LogP contribution in [0.3, 0.4) is 0 Å². The number of fused-ring (bicyclic) bond motifs is 1. The highest BCUT2D eigenvalue weighted by Crippen LogP contribution is 2.10. The Labute approximate surface area is 74.0 Å². The van der Waals surface area contributed by atoms with Crippen LogP contribution < -0.4 is 5.73 Å². The number of rotatable bonds is 2. The van der Waals surface area contributed by atoms with Crippen molar-refractivity contribution in [1.29, 1.82) is 0 Å². The number of aliphatic hydroxyl groups is 1. The maximum absolute atomic E-state index is 9.42. The van der Waals surface area contributed by atoms with Crippen LogP contribution in [0.25, 0.3) is 5.65 Å². The van der Waals surface area contributed by atoms with E-state index in [1.807, 2.05) is 0 Å². The van der Waals surface area contributed by atoms with Crippen LogP contribution in [0.5, 0.6) is 0 Å². The molecule has 6 heteroatoms. The van der Waals surface area contributed by atoms with Crippen LogP contribution in [0.15, 0.2) is 18.3 Å². The zero-order chi connectivity index (χ0) is 9.26. The number of pyridine rings is 1. The van der Waals surface area contributed by atoms with Gasteiger partial charge < -0.3 is 10.8 Å². The second-order valence-electron chi connectivity index (χ2n) is 2.70. The number of aromatic nitrogens is 4. The molecule has 2 heterocycles. The molecule has 0 saturated carbocycles. The van der Waals surface area contributed by atoms with Gasteiger partial charge in [-0.3, -0.25) is 0 Å². The smallest absolute Gasteiger partial charge is 0.179 e. The summed E-state index contributed by atoms with van der Waals surface area (Å²) < 4.78 is 1.49. The highest BCUT2D eigenvalue weighted by atomic mass is 16.3. The second kappa shape index (κ2) is 3.08. The van der Waals surface area contributed by atoms with Crippen molar-refractivity contribution in [3.05, 3.63) is 23.9 Å². The van der Waals surface area contributed by atoms with Crippen molar-refractivity contribution in [2.24, 2.45) is 5.73 Å². The third-order valence-electron chi connectivity index (χ3n) is 1.82. The van der Waals surface area contributed by atoms with Gasteiger partial charge in [-0.1, -0.05) is 6.07 Å². The van der Waals surface area contributed by atoms with Crippen molar-refractivity contribution in [2.45, 2.75) is 6.10 Å². The van der Waals surface area contributed by atoms with Gasteiger partial charge in [0, 0.05) is 18.3 Å². The average Bonchev–Trinajstić information content (AvgIpc) is 2.63. The Kier molecular flexibility index (Phi) is 1.91. The maximum atomic E-state index is 9.42. The highest BCUT2D eigenvalue weighted by Gasteiger charge is 2.06. The lowest BCUT2D eigenvalue weighted by atomic mass is 10.2. The molecule has 0 aliphatic heterocycles. The molecule has 0 radical (unpaired) electrons. The van der Waals surface area contributed by atoms with Crippen LogP contribution in [-0.2, 0) is 0 Å². The third-order valence-corrected chi connectivity index (χ3v) is 1.82. The molecule has 1 atom stereocenters. The molecule has 6 nitrogen and oxygen atoms in total. The molecule has 0 aliphatic carbocycles. The van der Waals surface area contributed by atoms with Crippen LogP contribution in [0, 0.1) is 0 Å². The summed E-state index contributed by atoms with van der Waals surface area (Å²) in [6.07, 6.45) is 1.00. The summed E-state index contributed by atoms with van der Waals surface area (Å²) in [6.45, 7) is 0.188. The molecular weight excluding hydrogens is 170 g/mol. The Bertz CT molecular complexity index is 412. The fraction of sp³-hybridized carbons (Fsp3) is 0.286. The minimum atomic E-state index is -0.659. The quantitative estimate of drug-likeness (QED) is 0.624. The molecule has 0 saturated heterocycles. The summed E-state index contributed by atoms with van der Waals surface area (Å²) in [6, 6.07) is 3.48. The van der Waals surface area contributed by atoms with Crippen LogP contribution in [0.2, 0.25) is 0 Å². The Balaban J connectivity index is 2.48. The van der Waals surface area contributed by atoms with Crippen molar-refractivity contribution in [2.75, 3.05) is 6.54 Å². The largest absolute Gasteiger partial charge is 0.387 e. The lowest BCUT2D eigenvalue weighted by Crippen LogP contribution is -2.12.